The third-order valence-corrected chi connectivity index (χ3v) is 8.44. The van der Waals surface area contributed by atoms with Crippen LogP contribution in [0, 0.1) is 12.3 Å². The first kappa shape index (κ1) is 29.3. The molecule has 2 aromatic carbocycles. The van der Waals surface area contributed by atoms with Gasteiger partial charge in [0.15, 0.2) is 5.65 Å². The van der Waals surface area contributed by atoms with Crippen LogP contribution in [0.2, 0.25) is 5.02 Å². The number of esters is 1. The molecule has 0 spiro atoms. The zero-order valence-electron chi connectivity index (χ0n) is 22.5. The average Bonchev–Trinajstić information content (AvgIpc) is 3.30. The monoisotopic (exact) mass is 583 g/mol. The summed E-state index contributed by atoms with van der Waals surface area (Å²) in [4.78, 5) is 29.5. The zero-order valence-corrected chi connectivity index (χ0v) is 24.1. The average molecular weight is 584 g/mol. The number of hydrogen-bond acceptors (Lipinski definition) is 7. The molecule has 0 amide bonds. The van der Waals surface area contributed by atoms with E-state index in [1.165, 1.54) is 18.3 Å². The van der Waals surface area contributed by atoms with Crippen molar-refractivity contribution >= 4 is 44.6 Å². The Morgan fingerprint density at radius 1 is 1.10 bits per heavy atom. The molecule has 0 aliphatic heterocycles. The zero-order chi connectivity index (χ0) is 29.2. The molecule has 9 nitrogen and oxygen atoms in total. The van der Waals surface area contributed by atoms with Crippen molar-refractivity contribution in [3.05, 3.63) is 94.3 Å². The van der Waals surface area contributed by atoms with E-state index >= 15 is 0 Å². The number of carboxylic acids is 1. The number of nitrogens with one attached hydrogen (secondary N) is 1. The second-order valence-corrected chi connectivity index (χ2v) is 12.7. The molecule has 4 aromatic rings. The van der Waals surface area contributed by atoms with Crippen molar-refractivity contribution in [3.63, 3.8) is 0 Å². The molecule has 2 heterocycles. The van der Waals surface area contributed by atoms with Gasteiger partial charge in [-0.2, -0.15) is 0 Å². The third-order valence-electron chi connectivity index (χ3n) is 6.46. The number of hydrogen-bond donors (Lipinski definition) is 2. The molecule has 210 valence electrons. The van der Waals surface area contributed by atoms with Gasteiger partial charge in [-0.3, -0.25) is 10.1 Å². The van der Waals surface area contributed by atoms with Crippen LogP contribution < -0.4 is 5.32 Å². The first-order valence-electron chi connectivity index (χ1n) is 12.5. The van der Waals surface area contributed by atoms with Crippen molar-refractivity contribution in [2.75, 3.05) is 0 Å². The molecule has 0 aliphatic carbocycles. The highest BCUT2D eigenvalue weighted by Crippen LogP contribution is 2.32. The minimum Gasteiger partial charge on any atom is -0.478 e. The molecule has 1 unspecified atom stereocenters. The molecule has 11 heteroatoms. The van der Waals surface area contributed by atoms with Crippen molar-refractivity contribution < 1.29 is 27.9 Å². The van der Waals surface area contributed by atoms with E-state index in [0.717, 1.165) is 21.3 Å². The summed E-state index contributed by atoms with van der Waals surface area (Å²) in [5.41, 5.74) is 1.06. The highest BCUT2D eigenvalue weighted by molar-refractivity contribution is 7.90. The number of aromatic carboxylic acids is 1. The van der Waals surface area contributed by atoms with E-state index in [0.29, 0.717) is 5.56 Å². The van der Waals surface area contributed by atoms with E-state index < -0.39 is 33.4 Å². The largest absolute Gasteiger partial charge is 0.478 e. The molecule has 2 N–H and O–H groups in total. The molecule has 4 rings (SSSR count). The number of carbonyl (C=O) groups excluding carboxylic acids is 1. The maximum absolute atomic E-state index is 13.5. The predicted octanol–water partition coefficient (Wildman–Crippen LogP) is 5.18. The van der Waals surface area contributed by atoms with E-state index in [1.54, 1.807) is 12.1 Å². The van der Waals surface area contributed by atoms with E-state index in [9.17, 15) is 23.1 Å². The molecule has 0 fully saturated rings. The van der Waals surface area contributed by atoms with Crippen LogP contribution in [0.1, 0.15) is 47.8 Å². The fourth-order valence-corrected chi connectivity index (χ4v) is 5.84. The second-order valence-electron chi connectivity index (χ2n) is 10.5. The molecular formula is C29H30ClN3O6S. The normalized spacial score (nSPS) is 12.8. The molecule has 0 saturated heterocycles. The number of carbonyl (C=O) groups is 2. The molecule has 40 heavy (non-hydrogen) atoms. The highest BCUT2D eigenvalue weighted by atomic mass is 35.5. The quantitative estimate of drug-likeness (QED) is 0.258. The number of carboxylic acid groups (broad SMARTS) is 1. The first-order chi connectivity index (χ1) is 18.8. The van der Waals surface area contributed by atoms with Gasteiger partial charge >= 0.3 is 11.9 Å². The Morgan fingerprint density at radius 3 is 2.35 bits per heavy atom. The van der Waals surface area contributed by atoms with Gasteiger partial charge in [0.2, 0.25) is 0 Å². The van der Waals surface area contributed by atoms with Crippen molar-refractivity contribution in [1.29, 1.82) is 0 Å². The van der Waals surface area contributed by atoms with Crippen molar-refractivity contribution in [1.82, 2.24) is 14.3 Å². The Labute approximate surface area is 237 Å². The summed E-state index contributed by atoms with van der Waals surface area (Å²) in [5.74, 6) is -1.83. The van der Waals surface area contributed by atoms with Crippen molar-refractivity contribution in [2.24, 2.45) is 5.41 Å². The van der Waals surface area contributed by atoms with Crippen molar-refractivity contribution in [3.8, 4) is 0 Å². The lowest BCUT2D eigenvalue weighted by molar-refractivity contribution is -0.150. The first-order valence-corrected chi connectivity index (χ1v) is 14.3. The topological polar surface area (TPSA) is 128 Å². The second kappa shape index (κ2) is 11.4. The Hall–Kier alpha value is -3.73. The lowest BCUT2D eigenvalue weighted by Crippen LogP contribution is -2.47. The molecule has 2 aromatic heterocycles. The number of benzene rings is 2. The van der Waals surface area contributed by atoms with E-state index in [2.05, 4.69) is 10.3 Å². The summed E-state index contributed by atoms with van der Waals surface area (Å²) in [6.07, 6.45) is 2.30. The standard InChI is InChI=1S/C29H30ClN3O6S/c1-18-10-12-20(13-11-18)40(37,38)33-16-22(27(34)35)24-21(23(30)15-32-26(24)33)14-31-25(29(2,3)4)28(36)39-17-19-8-6-5-7-9-19/h5-13,15-16,25,31H,14,17H2,1-4H3,(H,34,35). The summed E-state index contributed by atoms with van der Waals surface area (Å²) >= 11 is 6.49. The van der Waals surface area contributed by atoms with Crippen LogP contribution in [0.5, 0.6) is 0 Å². The van der Waals surface area contributed by atoms with Crippen LogP contribution in [-0.4, -0.2) is 40.5 Å². The van der Waals surface area contributed by atoms with Gasteiger partial charge in [0.1, 0.15) is 12.6 Å². The number of ether oxygens (including phenoxy) is 1. The van der Waals surface area contributed by atoms with Gasteiger partial charge in [-0.05, 0) is 35.6 Å². The number of pyridine rings is 1. The fraction of sp³-hybridized carbons (Fsp3) is 0.276. The van der Waals surface area contributed by atoms with Gasteiger partial charge in [-0.1, -0.05) is 80.4 Å². The maximum atomic E-state index is 13.5. The van der Waals surface area contributed by atoms with Crippen LogP contribution in [0.25, 0.3) is 11.0 Å². The Kier molecular flexibility index (Phi) is 8.34. The molecule has 0 bridgehead atoms. The SMILES string of the molecule is Cc1ccc(S(=O)(=O)n2cc(C(=O)O)c3c(CNC(C(=O)OCc4ccccc4)C(C)(C)C)c(Cl)cnc32)cc1. The van der Waals surface area contributed by atoms with Gasteiger partial charge in [-0.15, -0.1) is 0 Å². The Bertz CT molecular complexity index is 1660. The van der Waals surface area contributed by atoms with Gasteiger partial charge in [0, 0.05) is 24.3 Å². The number of halogens is 1. The number of fused-ring (bicyclic) bond motifs is 1. The lowest BCUT2D eigenvalue weighted by atomic mass is 9.86. The van der Waals surface area contributed by atoms with Crippen LogP contribution in [0.3, 0.4) is 0 Å². The molecule has 1 atom stereocenters. The van der Waals surface area contributed by atoms with Gasteiger partial charge in [-0.25, -0.2) is 22.2 Å². The predicted molar refractivity (Wildman–Crippen MR) is 152 cm³/mol. The van der Waals surface area contributed by atoms with Crippen LogP contribution in [0.4, 0.5) is 0 Å². The molecule has 0 radical (unpaired) electrons. The summed E-state index contributed by atoms with van der Waals surface area (Å²) in [6.45, 7) is 7.48. The van der Waals surface area contributed by atoms with Crippen LogP contribution in [0.15, 0.2) is 71.9 Å². The maximum Gasteiger partial charge on any atom is 0.337 e. The van der Waals surface area contributed by atoms with E-state index in [1.807, 2.05) is 58.0 Å². The number of aromatic nitrogens is 2. The number of aryl methyl sites for hydroxylation is 1. The highest BCUT2D eigenvalue weighted by Gasteiger charge is 2.33. The number of rotatable bonds is 9. The lowest BCUT2D eigenvalue weighted by Gasteiger charge is -2.30. The summed E-state index contributed by atoms with van der Waals surface area (Å²) in [7, 11) is -4.17. The smallest absolute Gasteiger partial charge is 0.337 e. The van der Waals surface area contributed by atoms with Crippen LogP contribution >= 0.6 is 11.6 Å². The van der Waals surface area contributed by atoms with Gasteiger partial charge in [0.25, 0.3) is 10.0 Å². The Balaban J connectivity index is 1.71. The van der Waals surface area contributed by atoms with E-state index in [4.69, 9.17) is 16.3 Å². The fourth-order valence-electron chi connectivity index (χ4n) is 4.31. The molecule has 0 saturated carbocycles. The number of nitrogens with zero attached hydrogens (tertiary/aromatic N) is 2. The van der Waals surface area contributed by atoms with Crippen LogP contribution in [-0.2, 0) is 32.7 Å². The molecular weight excluding hydrogens is 554 g/mol. The summed E-state index contributed by atoms with van der Waals surface area (Å²) in [5, 5.41) is 13.3. The minimum atomic E-state index is -4.17. The van der Waals surface area contributed by atoms with Crippen molar-refractivity contribution in [2.45, 2.75) is 51.8 Å². The molecule has 0 aliphatic rings. The Morgan fingerprint density at radius 2 is 1.75 bits per heavy atom. The summed E-state index contributed by atoms with van der Waals surface area (Å²) in [6, 6.07) is 14.7. The summed E-state index contributed by atoms with van der Waals surface area (Å²) < 4.78 is 33.4. The third kappa shape index (κ3) is 6.04. The minimum absolute atomic E-state index is 0.0164. The van der Waals surface area contributed by atoms with Gasteiger partial charge in [0.05, 0.1) is 15.5 Å². The van der Waals surface area contributed by atoms with E-state index in [-0.39, 0.29) is 39.7 Å². The van der Waals surface area contributed by atoms with Gasteiger partial charge < -0.3 is 9.84 Å².